The van der Waals surface area contributed by atoms with E-state index in [1.165, 1.54) is 11.1 Å². The molecular formula is C17H14ClN3. The Hall–Kier alpha value is -2.39. The van der Waals surface area contributed by atoms with E-state index in [0.717, 1.165) is 17.7 Å². The monoisotopic (exact) mass is 295 g/mol. The summed E-state index contributed by atoms with van der Waals surface area (Å²) >= 11 is 5.91. The van der Waals surface area contributed by atoms with Crippen LogP contribution in [0.2, 0.25) is 5.28 Å². The van der Waals surface area contributed by atoms with Gasteiger partial charge in [0.1, 0.15) is 5.82 Å². The number of hydrogen-bond acceptors (Lipinski definition) is 3. The Kier molecular flexibility index (Phi) is 3.84. The standard InChI is InChI=1S/C17H14ClN3/c18-17-20-15(11-16(19)21-17)14-9-5-4-8-13(14)10-12-6-2-1-3-7-12/h1-9,11H,10H2,(H2,19,20,21). The van der Waals surface area contributed by atoms with E-state index in [0.29, 0.717) is 5.82 Å². The van der Waals surface area contributed by atoms with E-state index < -0.39 is 0 Å². The summed E-state index contributed by atoms with van der Waals surface area (Å²) < 4.78 is 0. The lowest BCUT2D eigenvalue weighted by molar-refractivity contribution is 1.15. The van der Waals surface area contributed by atoms with Crippen molar-refractivity contribution in [3.05, 3.63) is 77.1 Å². The first-order valence-electron chi connectivity index (χ1n) is 6.64. The molecule has 2 N–H and O–H groups in total. The van der Waals surface area contributed by atoms with Gasteiger partial charge in [0, 0.05) is 11.6 Å². The summed E-state index contributed by atoms with van der Waals surface area (Å²) in [4.78, 5) is 8.19. The number of benzene rings is 2. The minimum absolute atomic E-state index is 0.166. The molecule has 0 saturated heterocycles. The van der Waals surface area contributed by atoms with Crippen LogP contribution in [0.3, 0.4) is 0 Å². The zero-order valence-electron chi connectivity index (χ0n) is 11.3. The van der Waals surface area contributed by atoms with E-state index in [2.05, 4.69) is 28.2 Å². The summed E-state index contributed by atoms with van der Waals surface area (Å²) in [6.45, 7) is 0. The van der Waals surface area contributed by atoms with E-state index in [-0.39, 0.29) is 5.28 Å². The number of aromatic nitrogens is 2. The quantitative estimate of drug-likeness (QED) is 0.744. The van der Waals surface area contributed by atoms with Crippen LogP contribution in [-0.2, 0) is 6.42 Å². The van der Waals surface area contributed by atoms with Crippen LogP contribution >= 0.6 is 11.6 Å². The SMILES string of the molecule is Nc1cc(-c2ccccc2Cc2ccccc2)nc(Cl)n1. The van der Waals surface area contributed by atoms with Crippen LogP contribution in [-0.4, -0.2) is 9.97 Å². The van der Waals surface area contributed by atoms with Crippen molar-refractivity contribution < 1.29 is 0 Å². The molecule has 0 fully saturated rings. The van der Waals surface area contributed by atoms with Gasteiger partial charge in [-0.2, -0.15) is 0 Å². The van der Waals surface area contributed by atoms with Gasteiger partial charge >= 0.3 is 0 Å². The first kappa shape index (κ1) is 13.6. The Morgan fingerprint density at radius 2 is 1.62 bits per heavy atom. The van der Waals surface area contributed by atoms with Crippen molar-refractivity contribution in [3.8, 4) is 11.3 Å². The van der Waals surface area contributed by atoms with E-state index in [9.17, 15) is 0 Å². The van der Waals surface area contributed by atoms with Crippen LogP contribution in [0.25, 0.3) is 11.3 Å². The Balaban J connectivity index is 2.03. The third kappa shape index (κ3) is 3.20. The number of rotatable bonds is 3. The Bertz CT molecular complexity index is 737. The molecule has 3 nitrogen and oxygen atoms in total. The number of hydrogen-bond donors (Lipinski definition) is 1. The second-order valence-electron chi connectivity index (χ2n) is 4.77. The lowest BCUT2D eigenvalue weighted by Gasteiger charge is -2.10. The van der Waals surface area contributed by atoms with Gasteiger partial charge in [-0.15, -0.1) is 0 Å². The zero-order valence-corrected chi connectivity index (χ0v) is 12.1. The molecule has 2 aromatic carbocycles. The van der Waals surface area contributed by atoms with Gasteiger partial charge in [-0.25, -0.2) is 9.97 Å². The number of nitrogens with two attached hydrogens (primary N) is 1. The smallest absolute Gasteiger partial charge is 0.224 e. The Morgan fingerprint density at radius 3 is 2.38 bits per heavy atom. The van der Waals surface area contributed by atoms with Crippen molar-refractivity contribution in [1.82, 2.24) is 9.97 Å². The minimum atomic E-state index is 0.166. The third-order valence-electron chi connectivity index (χ3n) is 3.25. The minimum Gasteiger partial charge on any atom is -0.384 e. The summed E-state index contributed by atoms with van der Waals surface area (Å²) in [5.41, 5.74) is 9.97. The first-order chi connectivity index (χ1) is 10.2. The molecule has 1 aromatic heterocycles. The van der Waals surface area contributed by atoms with E-state index in [4.69, 9.17) is 17.3 Å². The summed E-state index contributed by atoms with van der Waals surface area (Å²) in [6.07, 6.45) is 0.832. The van der Waals surface area contributed by atoms with Gasteiger partial charge in [-0.05, 0) is 29.1 Å². The molecule has 0 aliphatic carbocycles. The highest BCUT2D eigenvalue weighted by molar-refractivity contribution is 6.28. The molecule has 3 rings (SSSR count). The van der Waals surface area contributed by atoms with Crippen molar-refractivity contribution in [3.63, 3.8) is 0 Å². The molecule has 104 valence electrons. The molecule has 21 heavy (non-hydrogen) atoms. The maximum Gasteiger partial charge on any atom is 0.224 e. The fourth-order valence-corrected chi connectivity index (χ4v) is 2.50. The highest BCUT2D eigenvalue weighted by Crippen LogP contribution is 2.26. The van der Waals surface area contributed by atoms with Gasteiger partial charge in [0.05, 0.1) is 5.69 Å². The number of nitrogens with zero attached hydrogens (tertiary/aromatic N) is 2. The van der Waals surface area contributed by atoms with Gasteiger partial charge in [-0.3, -0.25) is 0 Å². The highest BCUT2D eigenvalue weighted by atomic mass is 35.5. The second kappa shape index (κ2) is 5.94. The largest absolute Gasteiger partial charge is 0.384 e. The first-order valence-corrected chi connectivity index (χ1v) is 7.02. The lowest BCUT2D eigenvalue weighted by atomic mass is 9.98. The maximum absolute atomic E-state index is 5.91. The lowest BCUT2D eigenvalue weighted by Crippen LogP contribution is -1.98. The van der Waals surface area contributed by atoms with Crippen molar-refractivity contribution in [2.24, 2.45) is 0 Å². The molecular weight excluding hydrogens is 282 g/mol. The number of nitrogen functional groups attached to an aromatic ring is 1. The van der Waals surface area contributed by atoms with E-state index >= 15 is 0 Å². The van der Waals surface area contributed by atoms with Crippen LogP contribution in [0.1, 0.15) is 11.1 Å². The molecule has 0 unspecified atom stereocenters. The van der Waals surface area contributed by atoms with Crippen molar-refractivity contribution in [2.75, 3.05) is 5.73 Å². The van der Waals surface area contributed by atoms with E-state index in [1.807, 2.05) is 36.4 Å². The van der Waals surface area contributed by atoms with Crippen molar-refractivity contribution >= 4 is 17.4 Å². The molecule has 0 atom stereocenters. The number of anilines is 1. The van der Waals surface area contributed by atoms with Crippen molar-refractivity contribution in [1.29, 1.82) is 0 Å². The molecule has 4 heteroatoms. The molecule has 0 saturated carbocycles. The van der Waals surface area contributed by atoms with Gasteiger partial charge in [0.15, 0.2) is 0 Å². The molecule has 0 aliphatic heterocycles. The third-order valence-corrected chi connectivity index (χ3v) is 3.42. The molecule has 3 aromatic rings. The predicted octanol–water partition coefficient (Wildman–Crippen LogP) is 3.97. The Labute approximate surface area is 128 Å². The number of halogens is 1. The molecule has 0 bridgehead atoms. The average molecular weight is 296 g/mol. The second-order valence-corrected chi connectivity index (χ2v) is 5.10. The summed E-state index contributed by atoms with van der Waals surface area (Å²) in [6, 6.07) is 20.2. The van der Waals surface area contributed by atoms with Gasteiger partial charge in [0.2, 0.25) is 5.28 Å². The van der Waals surface area contributed by atoms with Crippen LogP contribution < -0.4 is 5.73 Å². The maximum atomic E-state index is 5.91. The molecule has 1 heterocycles. The summed E-state index contributed by atoms with van der Waals surface area (Å²) in [5, 5.41) is 0.166. The van der Waals surface area contributed by atoms with Crippen LogP contribution in [0.5, 0.6) is 0 Å². The Morgan fingerprint density at radius 1 is 0.905 bits per heavy atom. The normalized spacial score (nSPS) is 10.5. The molecule has 0 aliphatic rings. The zero-order chi connectivity index (χ0) is 14.7. The fourth-order valence-electron chi connectivity index (χ4n) is 2.31. The summed E-state index contributed by atoms with van der Waals surface area (Å²) in [7, 11) is 0. The summed E-state index contributed by atoms with van der Waals surface area (Å²) in [5.74, 6) is 0.375. The van der Waals surface area contributed by atoms with Crippen LogP contribution in [0.15, 0.2) is 60.7 Å². The van der Waals surface area contributed by atoms with Gasteiger partial charge < -0.3 is 5.73 Å². The van der Waals surface area contributed by atoms with Crippen LogP contribution in [0.4, 0.5) is 5.82 Å². The van der Waals surface area contributed by atoms with Crippen molar-refractivity contribution in [2.45, 2.75) is 6.42 Å². The van der Waals surface area contributed by atoms with Gasteiger partial charge in [0.25, 0.3) is 0 Å². The highest BCUT2D eigenvalue weighted by Gasteiger charge is 2.09. The fraction of sp³-hybridized carbons (Fsp3) is 0.0588. The van der Waals surface area contributed by atoms with Crippen LogP contribution in [0, 0.1) is 0 Å². The predicted molar refractivity (Wildman–Crippen MR) is 86.1 cm³/mol. The van der Waals surface area contributed by atoms with E-state index in [1.54, 1.807) is 6.07 Å². The van der Waals surface area contributed by atoms with Gasteiger partial charge in [-0.1, -0.05) is 54.6 Å². The molecule has 0 spiro atoms. The molecule has 0 radical (unpaired) electrons. The average Bonchev–Trinajstić information content (AvgIpc) is 2.48. The topological polar surface area (TPSA) is 51.8 Å². The molecule has 0 amide bonds.